The van der Waals surface area contributed by atoms with Crippen molar-refractivity contribution in [3.05, 3.63) is 54.4 Å². The zero-order valence-electron chi connectivity index (χ0n) is 15.4. The predicted molar refractivity (Wildman–Crippen MR) is 106 cm³/mol. The predicted octanol–water partition coefficient (Wildman–Crippen LogP) is 2.77. The molecule has 1 aromatic carbocycles. The summed E-state index contributed by atoms with van der Waals surface area (Å²) in [6.45, 7) is 2.20. The van der Waals surface area contributed by atoms with E-state index in [2.05, 4.69) is 37.5 Å². The topological polar surface area (TPSA) is 77.2 Å². The Kier molecular flexibility index (Phi) is 4.91. The van der Waals surface area contributed by atoms with Gasteiger partial charge in [0, 0.05) is 37.5 Å². The number of urea groups is 1. The zero-order valence-corrected chi connectivity index (χ0v) is 15.4. The minimum absolute atomic E-state index is 0.0559. The number of aromatic nitrogens is 3. The van der Waals surface area contributed by atoms with Gasteiger partial charge in [-0.1, -0.05) is 18.2 Å². The van der Waals surface area contributed by atoms with Gasteiger partial charge in [-0.3, -0.25) is 0 Å². The third kappa shape index (κ3) is 3.86. The van der Waals surface area contributed by atoms with E-state index < -0.39 is 0 Å². The standard InChI is InChI=1S/C20H24N6O/c1-25(17-7-5-11-26(14-17)19-9-4-10-22-24-19)20(27)21-13-16-12-15-6-2-3-8-18(15)23-16/h2-4,6,8-10,12,17,23H,5,7,11,13-14H2,1H3,(H,21,27)/t17-/m1/s1. The van der Waals surface area contributed by atoms with Gasteiger partial charge in [-0.2, -0.15) is 5.10 Å². The van der Waals surface area contributed by atoms with Gasteiger partial charge in [0.15, 0.2) is 5.82 Å². The number of piperidine rings is 1. The summed E-state index contributed by atoms with van der Waals surface area (Å²) in [5.74, 6) is 0.870. The van der Waals surface area contributed by atoms with Crippen molar-refractivity contribution in [2.24, 2.45) is 0 Å². The molecule has 2 N–H and O–H groups in total. The SMILES string of the molecule is CN(C(=O)NCc1cc2ccccc2[nH]1)[C@@H]1CCCN(c2cccnn2)C1. The van der Waals surface area contributed by atoms with Crippen molar-refractivity contribution in [3.8, 4) is 0 Å². The van der Waals surface area contributed by atoms with Crippen LogP contribution in [0.2, 0.25) is 0 Å². The summed E-state index contributed by atoms with van der Waals surface area (Å²) in [5.41, 5.74) is 2.09. The first-order valence-corrected chi connectivity index (χ1v) is 9.30. The quantitative estimate of drug-likeness (QED) is 0.746. The molecule has 7 heteroatoms. The maximum Gasteiger partial charge on any atom is 0.317 e. The minimum Gasteiger partial charge on any atom is -0.357 e. The molecule has 3 aromatic rings. The molecule has 1 fully saturated rings. The van der Waals surface area contributed by atoms with Gasteiger partial charge in [0.25, 0.3) is 0 Å². The maximum absolute atomic E-state index is 12.6. The number of amides is 2. The van der Waals surface area contributed by atoms with Crippen LogP contribution in [0, 0.1) is 0 Å². The largest absolute Gasteiger partial charge is 0.357 e. The average molecular weight is 364 g/mol. The van der Waals surface area contributed by atoms with Crippen LogP contribution in [0.5, 0.6) is 0 Å². The number of carbonyl (C=O) groups excluding carboxylic acids is 1. The maximum atomic E-state index is 12.6. The van der Waals surface area contributed by atoms with Crippen LogP contribution in [-0.2, 0) is 6.54 Å². The van der Waals surface area contributed by atoms with E-state index in [4.69, 9.17) is 0 Å². The first kappa shape index (κ1) is 17.3. The number of benzene rings is 1. The zero-order chi connectivity index (χ0) is 18.6. The van der Waals surface area contributed by atoms with Gasteiger partial charge < -0.3 is 20.1 Å². The third-order valence-electron chi connectivity index (χ3n) is 5.16. The first-order chi connectivity index (χ1) is 13.2. The van der Waals surface area contributed by atoms with Crippen LogP contribution < -0.4 is 10.2 Å². The average Bonchev–Trinajstić information content (AvgIpc) is 3.15. The van der Waals surface area contributed by atoms with E-state index >= 15 is 0 Å². The van der Waals surface area contributed by atoms with Gasteiger partial charge in [0.1, 0.15) is 0 Å². The van der Waals surface area contributed by atoms with E-state index in [0.717, 1.165) is 48.3 Å². The highest BCUT2D eigenvalue weighted by Crippen LogP contribution is 2.20. The lowest BCUT2D eigenvalue weighted by atomic mass is 10.0. The Labute approximate surface area is 158 Å². The van der Waals surface area contributed by atoms with Gasteiger partial charge in [0.05, 0.1) is 12.6 Å². The van der Waals surface area contributed by atoms with Crippen molar-refractivity contribution >= 4 is 22.8 Å². The molecule has 7 nitrogen and oxygen atoms in total. The minimum atomic E-state index is -0.0559. The van der Waals surface area contributed by atoms with Crippen molar-refractivity contribution in [2.45, 2.75) is 25.4 Å². The Bertz CT molecular complexity index is 876. The third-order valence-corrected chi connectivity index (χ3v) is 5.16. The normalized spacial score (nSPS) is 17.1. The first-order valence-electron chi connectivity index (χ1n) is 9.30. The molecular weight excluding hydrogens is 340 g/mol. The van der Waals surface area contributed by atoms with E-state index in [1.165, 1.54) is 0 Å². The van der Waals surface area contributed by atoms with E-state index in [0.29, 0.717) is 6.54 Å². The summed E-state index contributed by atoms with van der Waals surface area (Å²) in [5, 5.41) is 12.3. The highest BCUT2D eigenvalue weighted by molar-refractivity contribution is 5.80. The van der Waals surface area contributed by atoms with Crippen LogP contribution in [0.3, 0.4) is 0 Å². The molecule has 1 aliphatic rings. The lowest BCUT2D eigenvalue weighted by molar-refractivity contribution is 0.182. The van der Waals surface area contributed by atoms with Crippen LogP contribution in [0.1, 0.15) is 18.5 Å². The number of para-hydroxylation sites is 1. The van der Waals surface area contributed by atoms with Gasteiger partial charge in [0.2, 0.25) is 0 Å². The number of fused-ring (bicyclic) bond motifs is 1. The molecule has 0 aliphatic carbocycles. The number of aromatic amines is 1. The van der Waals surface area contributed by atoms with Gasteiger partial charge in [-0.05, 0) is 42.5 Å². The van der Waals surface area contributed by atoms with Crippen molar-refractivity contribution in [2.75, 3.05) is 25.0 Å². The summed E-state index contributed by atoms with van der Waals surface area (Å²) in [6.07, 6.45) is 3.70. The van der Waals surface area contributed by atoms with Gasteiger partial charge in [-0.15, -0.1) is 5.10 Å². The highest BCUT2D eigenvalue weighted by atomic mass is 16.2. The lowest BCUT2D eigenvalue weighted by Gasteiger charge is -2.37. The fourth-order valence-corrected chi connectivity index (χ4v) is 3.63. The number of H-pyrrole nitrogens is 1. The number of rotatable bonds is 4. The summed E-state index contributed by atoms with van der Waals surface area (Å²) in [7, 11) is 1.87. The second-order valence-corrected chi connectivity index (χ2v) is 6.98. The number of nitrogens with zero attached hydrogens (tertiary/aromatic N) is 4. The summed E-state index contributed by atoms with van der Waals surface area (Å²) in [6, 6.07) is 14.1. The molecule has 1 saturated heterocycles. The van der Waals surface area contributed by atoms with E-state index in [1.807, 2.05) is 42.3 Å². The number of hydrogen-bond donors (Lipinski definition) is 2. The fourth-order valence-electron chi connectivity index (χ4n) is 3.63. The second kappa shape index (κ2) is 7.65. The van der Waals surface area contributed by atoms with E-state index in [9.17, 15) is 4.79 Å². The van der Waals surface area contributed by atoms with Crippen LogP contribution in [-0.4, -0.2) is 52.3 Å². The number of likely N-dealkylation sites (N-methyl/N-ethyl adjacent to an activating group) is 1. The Hall–Kier alpha value is -3.09. The molecule has 0 saturated carbocycles. The Morgan fingerprint density at radius 3 is 3.04 bits per heavy atom. The second-order valence-electron chi connectivity index (χ2n) is 6.98. The molecule has 1 aliphatic heterocycles. The molecule has 2 amide bonds. The van der Waals surface area contributed by atoms with Crippen LogP contribution >= 0.6 is 0 Å². The van der Waals surface area contributed by atoms with Crippen molar-refractivity contribution in [1.82, 2.24) is 25.4 Å². The number of hydrogen-bond acceptors (Lipinski definition) is 4. The Morgan fingerprint density at radius 1 is 1.33 bits per heavy atom. The molecule has 1 atom stereocenters. The van der Waals surface area contributed by atoms with Crippen molar-refractivity contribution in [3.63, 3.8) is 0 Å². The number of anilines is 1. The fraction of sp³-hybridized carbons (Fsp3) is 0.350. The van der Waals surface area contributed by atoms with Crippen molar-refractivity contribution < 1.29 is 4.79 Å². The Balaban J connectivity index is 1.35. The monoisotopic (exact) mass is 364 g/mol. The summed E-state index contributed by atoms with van der Waals surface area (Å²) in [4.78, 5) is 20.0. The highest BCUT2D eigenvalue weighted by Gasteiger charge is 2.26. The molecule has 0 bridgehead atoms. The molecule has 0 unspecified atom stereocenters. The molecule has 2 aromatic heterocycles. The van der Waals surface area contributed by atoms with E-state index in [-0.39, 0.29) is 12.1 Å². The van der Waals surface area contributed by atoms with Gasteiger partial charge in [-0.25, -0.2) is 4.79 Å². The van der Waals surface area contributed by atoms with Crippen LogP contribution in [0.25, 0.3) is 10.9 Å². The molecule has 0 spiro atoms. The summed E-state index contributed by atoms with van der Waals surface area (Å²) >= 11 is 0. The molecule has 3 heterocycles. The Morgan fingerprint density at radius 2 is 2.22 bits per heavy atom. The smallest absolute Gasteiger partial charge is 0.317 e. The summed E-state index contributed by atoms with van der Waals surface area (Å²) < 4.78 is 0. The molecule has 0 radical (unpaired) electrons. The van der Waals surface area contributed by atoms with E-state index in [1.54, 1.807) is 6.20 Å². The molecule has 140 valence electrons. The van der Waals surface area contributed by atoms with Crippen molar-refractivity contribution in [1.29, 1.82) is 0 Å². The van der Waals surface area contributed by atoms with Crippen LogP contribution in [0.15, 0.2) is 48.7 Å². The number of carbonyl (C=O) groups is 1. The number of nitrogens with one attached hydrogen (secondary N) is 2. The van der Waals surface area contributed by atoms with Crippen LogP contribution in [0.4, 0.5) is 10.6 Å². The van der Waals surface area contributed by atoms with Gasteiger partial charge >= 0.3 is 6.03 Å². The molecule has 27 heavy (non-hydrogen) atoms. The molecule has 4 rings (SSSR count). The lowest BCUT2D eigenvalue weighted by Crippen LogP contribution is -2.51. The molecular formula is C20H24N6O.